The Hall–Kier alpha value is -2.65. The number of rotatable bonds is 7. The zero-order valence-corrected chi connectivity index (χ0v) is 19.0. The number of hydrogen-bond donors (Lipinski definition) is 1. The molecule has 0 radical (unpaired) electrons. The van der Waals surface area contributed by atoms with Crippen molar-refractivity contribution < 1.29 is 13.2 Å². The first-order valence-electron chi connectivity index (χ1n) is 9.66. The Morgan fingerprint density at radius 3 is 2.40 bits per heavy atom. The van der Waals surface area contributed by atoms with Gasteiger partial charge in [0.2, 0.25) is 15.9 Å². The molecule has 1 aromatic heterocycles. The molecule has 1 atom stereocenters. The monoisotopic (exact) mass is 447 g/mol. The summed E-state index contributed by atoms with van der Waals surface area (Å²) in [6, 6.07) is 11.4. The second-order valence-corrected chi connectivity index (χ2v) is 9.96. The number of carbonyl (C=O) groups is 1. The maximum absolute atomic E-state index is 13.1. The molecule has 0 saturated carbocycles. The number of fused-ring (bicyclic) bond motifs is 1. The summed E-state index contributed by atoms with van der Waals surface area (Å²) in [4.78, 5) is 25.1. The molecule has 0 aliphatic rings. The zero-order chi connectivity index (χ0) is 22.1. The molecule has 3 aromatic rings. The van der Waals surface area contributed by atoms with Crippen LogP contribution < -0.4 is 14.5 Å². The van der Waals surface area contributed by atoms with Gasteiger partial charge in [-0.2, -0.15) is 0 Å². The van der Waals surface area contributed by atoms with E-state index < -0.39 is 22.0 Å². The second-order valence-electron chi connectivity index (χ2n) is 7.10. The predicted octanol–water partition coefficient (Wildman–Crippen LogP) is 3.57. The van der Waals surface area contributed by atoms with Gasteiger partial charge in [-0.05, 0) is 50.6 Å². The molecule has 160 valence electrons. The van der Waals surface area contributed by atoms with Crippen molar-refractivity contribution in [1.82, 2.24) is 4.57 Å². The largest absolute Gasteiger partial charge is 0.324 e. The highest BCUT2D eigenvalue weighted by atomic mass is 32.2. The molecule has 0 saturated heterocycles. The first-order chi connectivity index (χ1) is 14.2. The van der Waals surface area contributed by atoms with E-state index in [-0.39, 0.29) is 4.87 Å². The van der Waals surface area contributed by atoms with Crippen molar-refractivity contribution in [2.75, 3.05) is 15.9 Å². The summed E-state index contributed by atoms with van der Waals surface area (Å²) in [6.45, 7) is 6.16. The van der Waals surface area contributed by atoms with Crippen molar-refractivity contribution in [3.8, 4) is 0 Å². The fourth-order valence-electron chi connectivity index (χ4n) is 3.42. The molecule has 3 rings (SSSR count). The van der Waals surface area contributed by atoms with E-state index in [1.165, 1.54) is 0 Å². The third-order valence-corrected chi connectivity index (χ3v) is 6.99. The molecule has 30 heavy (non-hydrogen) atoms. The lowest BCUT2D eigenvalue weighted by Gasteiger charge is -2.30. The molecule has 0 bridgehead atoms. The molecule has 1 N–H and O–H groups in total. The van der Waals surface area contributed by atoms with Gasteiger partial charge in [-0.15, -0.1) is 0 Å². The number of nitrogens with one attached hydrogen (secondary N) is 1. The van der Waals surface area contributed by atoms with Crippen molar-refractivity contribution in [2.45, 2.75) is 39.8 Å². The van der Waals surface area contributed by atoms with Crippen LogP contribution in [-0.2, 0) is 21.4 Å². The van der Waals surface area contributed by atoms with Crippen LogP contribution >= 0.6 is 11.3 Å². The van der Waals surface area contributed by atoms with Crippen molar-refractivity contribution in [2.24, 2.45) is 0 Å². The van der Waals surface area contributed by atoms with E-state index in [4.69, 9.17) is 0 Å². The number of thiazole rings is 1. The standard InChI is InChI=1S/C21H25N3O4S2/c1-5-17(24(30(4,27)28)16-10-7-14(3)8-11-16)20(25)22-15-9-12-18-19(13-15)29-21(26)23(18)6-2/h7-13,17H,5-6H2,1-4H3,(H,22,25)/t17-/m0/s1. The lowest BCUT2D eigenvalue weighted by Crippen LogP contribution is -2.47. The van der Waals surface area contributed by atoms with Gasteiger partial charge < -0.3 is 5.32 Å². The fraction of sp³-hybridized carbons (Fsp3) is 0.333. The molecule has 0 fully saturated rings. The number of benzene rings is 2. The summed E-state index contributed by atoms with van der Waals surface area (Å²) in [5.41, 5.74) is 2.78. The summed E-state index contributed by atoms with van der Waals surface area (Å²) < 4.78 is 28.7. The van der Waals surface area contributed by atoms with Crippen LogP contribution in [0.3, 0.4) is 0 Å². The molecule has 7 nitrogen and oxygen atoms in total. The quantitative estimate of drug-likeness (QED) is 0.600. The number of sulfonamides is 1. The molecular weight excluding hydrogens is 422 g/mol. The van der Waals surface area contributed by atoms with Gasteiger partial charge in [0.05, 0.1) is 22.2 Å². The summed E-state index contributed by atoms with van der Waals surface area (Å²) >= 11 is 1.12. The minimum Gasteiger partial charge on any atom is -0.324 e. The molecular formula is C21H25N3O4S2. The molecule has 1 heterocycles. The SMILES string of the molecule is CC[C@@H](C(=O)Nc1ccc2c(c1)sc(=O)n2CC)N(c1ccc(C)cc1)S(C)(=O)=O. The van der Waals surface area contributed by atoms with Crippen LogP contribution in [0, 0.1) is 6.92 Å². The van der Waals surface area contributed by atoms with Gasteiger partial charge in [0, 0.05) is 12.2 Å². The van der Waals surface area contributed by atoms with E-state index in [9.17, 15) is 18.0 Å². The summed E-state index contributed by atoms with van der Waals surface area (Å²) in [5, 5.41) is 2.82. The number of aromatic nitrogens is 1. The smallest absolute Gasteiger partial charge is 0.308 e. The third kappa shape index (κ3) is 4.41. The topological polar surface area (TPSA) is 88.5 Å². The van der Waals surface area contributed by atoms with Crippen molar-refractivity contribution in [3.05, 3.63) is 57.7 Å². The Morgan fingerprint density at radius 1 is 1.17 bits per heavy atom. The van der Waals surface area contributed by atoms with Crippen LogP contribution in [-0.4, -0.2) is 31.2 Å². The summed E-state index contributed by atoms with van der Waals surface area (Å²) in [6.07, 6.45) is 1.40. The Morgan fingerprint density at radius 2 is 1.83 bits per heavy atom. The first kappa shape index (κ1) is 22.0. The van der Waals surface area contributed by atoms with E-state index in [0.717, 1.165) is 37.7 Å². The lowest BCUT2D eigenvalue weighted by molar-refractivity contribution is -0.117. The molecule has 0 aliphatic heterocycles. The van der Waals surface area contributed by atoms with Gasteiger partial charge in [0.25, 0.3) is 0 Å². The molecule has 0 unspecified atom stereocenters. The number of hydrogen-bond acceptors (Lipinski definition) is 5. The molecule has 9 heteroatoms. The highest BCUT2D eigenvalue weighted by molar-refractivity contribution is 7.92. The highest BCUT2D eigenvalue weighted by Crippen LogP contribution is 2.25. The van der Waals surface area contributed by atoms with E-state index in [0.29, 0.717) is 24.3 Å². The van der Waals surface area contributed by atoms with Crippen LogP contribution in [0.2, 0.25) is 0 Å². The molecule has 1 amide bonds. The van der Waals surface area contributed by atoms with Crippen molar-refractivity contribution >= 4 is 48.9 Å². The van der Waals surface area contributed by atoms with E-state index in [1.54, 1.807) is 41.8 Å². The second kappa shape index (κ2) is 8.61. The minimum absolute atomic E-state index is 0.0509. The van der Waals surface area contributed by atoms with Crippen molar-refractivity contribution in [1.29, 1.82) is 0 Å². The lowest BCUT2D eigenvalue weighted by atomic mass is 10.1. The van der Waals surface area contributed by atoms with Crippen LogP contribution in [0.15, 0.2) is 47.3 Å². The van der Waals surface area contributed by atoms with E-state index in [1.807, 2.05) is 26.0 Å². The van der Waals surface area contributed by atoms with Gasteiger partial charge in [-0.1, -0.05) is 36.0 Å². The number of amides is 1. The van der Waals surface area contributed by atoms with Gasteiger partial charge in [0.15, 0.2) is 0 Å². The van der Waals surface area contributed by atoms with Crippen LogP contribution in [0.1, 0.15) is 25.8 Å². The Balaban J connectivity index is 1.93. The van der Waals surface area contributed by atoms with Crippen LogP contribution in [0.4, 0.5) is 11.4 Å². The van der Waals surface area contributed by atoms with Crippen LogP contribution in [0.25, 0.3) is 10.2 Å². The molecule has 0 aliphatic carbocycles. The molecule has 2 aromatic carbocycles. The fourth-order valence-corrected chi connectivity index (χ4v) is 5.63. The molecule has 0 spiro atoms. The van der Waals surface area contributed by atoms with Gasteiger partial charge in [-0.25, -0.2) is 8.42 Å². The summed E-state index contributed by atoms with van der Waals surface area (Å²) in [5.74, 6) is -0.426. The van der Waals surface area contributed by atoms with E-state index in [2.05, 4.69) is 5.32 Å². The maximum Gasteiger partial charge on any atom is 0.308 e. The number of nitrogens with zero attached hydrogens (tertiary/aromatic N) is 2. The average Bonchev–Trinajstić information content (AvgIpc) is 3.00. The Labute approximate surface area is 180 Å². The number of carbonyl (C=O) groups excluding carboxylic acids is 1. The normalized spacial score (nSPS) is 12.7. The maximum atomic E-state index is 13.1. The zero-order valence-electron chi connectivity index (χ0n) is 17.4. The number of aryl methyl sites for hydroxylation is 2. The third-order valence-electron chi connectivity index (χ3n) is 4.87. The number of anilines is 2. The van der Waals surface area contributed by atoms with Gasteiger partial charge in [-0.3, -0.25) is 18.5 Å². The Bertz CT molecular complexity index is 1230. The first-order valence-corrected chi connectivity index (χ1v) is 12.3. The summed E-state index contributed by atoms with van der Waals surface area (Å²) in [7, 11) is -3.69. The Kier molecular flexibility index (Phi) is 6.33. The van der Waals surface area contributed by atoms with Crippen molar-refractivity contribution in [3.63, 3.8) is 0 Å². The predicted molar refractivity (Wildman–Crippen MR) is 123 cm³/mol. The highest BCUT2D eigenvalue weighted by Gasteiger charge is 2.31. The average molecular weight is 448 g/mol. The van der Waals surface area contributed by atoms with E-state index >= 15 is 0 Å². The van der Waals surface area contributed by atoms with Gasteiger partial charge >= 0.3 is 4.87 Å². The van der Waals surface area contributed by atoms with Crippen LogP contribution in [0.5, 0.6) is 0 Å². The minimum atomic E-state index is -3.69. The van der Waals surface area contributed by atoms with Gasteiger partial charge in [0.1, 0.15) is 6.04 Å².